The molecule has 21 heavy (non-hydrogen) atoms. The Kier molecular flexibility index (Phi) is 3.77. The number of nitrogens with zero attached hydrogens (tertiary/aromatic N) is 2. The van der Waals surface area contributed by atoms with Gasteiger partial charge in [-0.2, -0.15) is 0 Å². The second-order valence-electron chi connectivity index (χ2n) is 4.26. The number of carboxylic acids is 1. The Morgan fingerprint density at radius 1 is 1.14 bits per heavy atom. The maximum atomic E-state index is 10.8. The zero-order valence-electron chi connectivity index (χ0n) is 10.7. The summed E-state index contributed by atoms with van der Waals surface area (Å²) >= 11 is 7.42. The van der Waals surface area contributed by atoms with E-state index in [0.717, 1.165) is 20.8 Å². The first-order valence-corrected chi connectivity index (χ1v) is 7.24. The number of halogens is 1. The highest BCUT2D eigenvalue weighted by Gasteiger charge is 2.07. The Bertz CT molecular complexity index is 822. The number of benzene rings is 1. The first kappa shape index (κ1) is 13.9. The third-order valence-electron chi connectivity index (χ3n) is 2.86. The fourth-order valence-electron chi connectivity index (χ4n) is 1.86. The molecule has 1 aromatic carbocycles. The third-order valence-corrected chi connectivity index (χ3v) is 4.12. The molecule has 0 bridgehead atoms. The van der Waals surface area contributed by atoms with Crippen molar-refractivity contribution < 1.29 is 9.90 Å². The number of aromatic carboxylic acids is 1. The van der Waals surface area contributed by atoms with Crippen molar-refractivity contribution in [1.29, 1.82) is 0 Å². The van der Waals surface area contributed by atoms with Gasteiger partial charge in [0.25, 0.3) is 0 Å². The van der Waals surface area contributed by atoms with E-state index in [4.69, 9.17) is 16.7 Å². The van der Waals surface area contributed by atoms with Gasteiger partial charge in [-0.05, 0) is 30.3 Å². The first-order valence-electron chi connectivity index (χ1n) is 6.05. The van der Waals surface area contributed by atoms with Gasteiger partial charge in [0.05, 0.1) is 11.1 Å². The minimum Gasteiger partial charge on any atom is -0.478 e. The van der Waals surface area contributed by atoms with Crippen LogP contribution in [0.15, 0.2) is 58.7 Å². The summed E-state index contributed by atoms with van der Waals surface area (Å²) in [6.07, 6.45) is 3.07. The van der Waals surface area contributed by atoms with E-state index in [2.05, 4.69) is 9.97 Å². The maximum absolute atomic E-state index is 10.8. The minimum atomic E-state index is -0.983. The van der Waals surface area contributed by atoms with E-state index >= 15 is 0 Å². The van der Waals surface area contributed by atoms with Crippen molar-refractivity contribution in [3.8, 4) is 0 Å². The summed E-state index contributed by atoms with van der Waals surface area (Å²) in [5.41, 5.74) is 0.986. The van der Waals surface area contributed by atoms with E-state index in [9.17, 15) is 4.79 Å². The summed E-state index contributed by atoms with van der Waals surface area (Å²) < 4.78 is 0. The zero-order chi connectivity index (χ0) is 14.8. The molecule has 0 aliphatic carbocycles. The normalized spacial score (nSPS) is 10.7. The van der Waals surface area contributed by atoms with Crippen molar-refractivity contribution in [2.75, 3.05) is 0 Å². The van der Waals surface area contributed by atoms with Crippen LogP contribution in [0.25, 0.3) is 10.9 Å². The van der Waals surface area contributed by atoms with Crippen LogP contribution in [0.3, 0.4) is 0 Å². The van der Waals surface area contributed by atoms with Crippen LogP contribution in [-0.4, -0.2) is 21.0 Å². The lowest BCUT2D eigenvalue weighted by Gasteiger charge is -2.05. The lowest BCUT2D eigenvalue weighted by Crippen LogP contribution is -1.96. The summed E-state index contributed by atoms with van der Waals surface area (Å²) in [6.45, 7) is 0. The Labute approximate surface area is 129 Å². The van der Waals surface area contributed by atoms with Crippen LogP contribution >= 0.6 is 23.4 Å². The molecule has 3 rings (SSSR count). The summed E-state index contributed by atoms with van der Waals surface area (Å²) in [5.74, 6) is -0.983. The topological polar surface area (TPSA) is 63.1 Å². The molecular weight excluding hydrogens is 308 g/mol. The molecule has 0 radical (unpaired) electrons. The van der Waals surface area contributed by atoms with Gasteiger partial charge in [-0.25, -0.2) is 9.78 Å². The van der Waals surface area contributed by atoms with Crippen LogP contribution in [0, 0.1) is 0 Å². The molecule has 0 amide bonds. The highest BCUT2D eigenvalue weighted by molar-refractivity contribution is 7.99. The Hall–Kier alpha value is -2.11. The number of carbonyl (C=O) groups is 1. The molecule has 1 N–H and O–H groups in total. The van der Waals surface area contributed by atoms with Gasteiger partial charge in [0.15, 0.2) is 0 Å². The number of aromatic nitrogens is 2. The largest absolute Gasteiger partial charge is 0.478 e. The van der Waals surface area contributed by atoms with E-state index in [0.29, 0.717) is 5.02 Å². The van der Waals surface area contributed by atoms with Crippen molar-refractivity contribution in [2.45, 2.75) is 9.92 Å². The van der Waals surface area contributed by atoms with Crippen molar-refractivity contribution >= 4 is 40.2 Å². The molecule has 2 heterocycles. The summed E-state index contributed by atoms with van der Waals surface area (Å²) in [5, 5.41) is 11.2. The molecule has 0 fully saturated rings. The molecule has 4 nitrogen and oxygen atoms in total. The Morgan fingerprint density at radius 3 is 2.71 bits per heavy atom. The monoisotopic (exact) mass is 316 g/mol. The maximum Gasteiger partial charge on any atom is 0.337 e. The number of fused-ring (bicyclic) bond motifs is 1. The van der Waals surface area contributed by atoms with Crippen molar-refractivity contribution in [1.82, 2.24) is 9.97 Å². The Balaban J connectivity index is 1.96. The zero-order valence-corrected chi connectivity index (χ0v) is 12.2. The average Bonchev–Trinajstić information content (AvgIpc) is 2.47. The van der Waals surface area contributed by atoms with Gasteiger partial charge in [0.2, 0.25) is 0 Å². The van der Waals surface area contributed by atoms with Crippen LogP contribution in [-0.2, 0) is 0 Å². The van der Waals surface area contributed by atoms with Crippen molar-refractivity contribution in [3.63, 3.8) is 0 Å². The number of hydrogen-bond acceptors (Lipinski definition) is 4. The van der Waals surface area contributed by atoms with Gasteiger partial charge in [0.1, 0.15) is 5.03 Å². The molecule has 6 heteroatoms. The minimum absolute atomic E-state index is 0.172. The lowest BCUT2D eigenvalue weighted by molar-refractivity contribution is 0.0696. The molecule has 0 atom stereocenters. The van der Waals surface area contributed by atoms with Crippen LogP contribution in [0.5, 0.6) is 0 Å². The van der Waals surface area contributed by atoms with Gasteiger partial charge >= 0.3 is 5.97 Å². The van der Waals surface area contributed by atoms with E-state index in [1.54, 1.807) is 12.3 Å². The van der Waals surface area contributed by atoms with E-state index < -0.39 is 5.97 Å². The molecule has 2 aromatic heterocycles. The SMILES string of the molecule is O=C(O)c1ccc(Sc2ccnc3cc(Cl)ccc23)nc1. The van der Waals surface area contributed by atoms with Gasteiger partial charge < -0.3 is 5.11 Å². The van der Waals surface area contributed by atoms with Crippen LogP contribution in [0.1, 0.15) is 10.4 Å². The third kappa shape index (κ3) is 2.99. The van der Waals surface area contributed by atoms with E-state index in [1.807, 2.05) is 24.3 Å². The average molecular weight is 317 g/mol. The number of rotatable bonds is 3. The molecule has 0 aliphatic heterocycles. The fraction of sp³-hybridized carbons (Fsp3) is 0. The molecule has 0 spiro atoms. The molecule has 0 unspecified atom stereocenters. The smallest absolute Gasteiger partial charge is 0.337 e. The number of carboxylic acid groups (broad SMARTS) is 1. The molecule has 0 saturated heterocycles. The molecule has 0 saturated carbocycles. The number of pyridine rings is 2. The first-order chi connectivity index (χ1) is 10.1. The van der Waals surface area contributed by atoms with Gasteiger partial charge in [-0.3, -0.25) is 4.98 Å². The predicted octanol–water partition coefficient (Wildman–Crippen LogP) is 4.13. The summed E-state index contributed by atoms with van der Waals surface area (Å²) in [6, 6.07) is 10.7. The van der Waals surface area contributed by atoms with Crippen LogP contribution in [0.4, 0.5) is 0 Å². The fourth-order valence-corrected chi connectivity index (χ4v) is 2.91. The van der Waals surface area contributed by atoms with Gasteiger partial charge in [-0.15, -0.1) is 0 Å². The van der Waals surface area contributed by atoms with Crippen molar-refractivity contribution in [2.24, 2.45) is 0 Å². The van der Waals surface area contributed by atoms with Crippen molar-refractivity contribution in [3.05, 3.63) is 59.4 Å². The second kappa shape index (κ2) is 5.71. The molecular formula is C15H9ClN2O2S. The molecule has 0 aliphatic rings. The van der Waals surface area contributed by atoms with E-state index in [1.165, 1.54) is 24.0 Å². The number of hydrogen-bond donors (Lipinski definition) is 1. The summed E-state index contributed by atoms with van der Waals surface area (Å²) in [4.78, 5) is 20.2. The lowest BCUT2D eigenvalue weighted by atomic mass is 10.2. The van der Waals surface area contributed by atoms with E-state index in [-0.39, 0.29) is 5.56 Å². The molecule has 104 valence electrons. The summed E-state index contributed by atoms with van der Waals surface area (Å²) in [7, 11) is 0. The Morgan fingerprint density at radius 2 is 2.00 bits per heavy atom. The predicted molar refractivity (Wildman–Crippen MR) is 82.1 cm³/mol. The highest BCUT2D eigenvalue weighted by atomic mass is 35.5. The van der Waals surface area contributed by atoms with Gasteiger partial charge in [0, 0.05) is 27.7 Å². The highest BCUT2D eigenvalue weighted by Crippen LogP contribution is 2.32. The van der Waals surface area contributed by atoms with Crippen LogP contribution < -0.4 is 0 Å². The second-order valence-corrected chi connectivity index (χ2v) is 5.76. The van der Waals surface area contributed by atoms with Gasteiger partial charge in [-0.1, -0.05) is 29.4 Å². The quantitative estimate of drug-likeness (QED) is 0.787. The standard InChI is InChI=1S/C15H9ClN2O2S/c16-10-2-3-11-12(7-10)17-6-5-13(11)21-14-4-1-9(8-18-14)15(19)20/h1-8H,(H,19,20). The molecule has 3 aromatic rings. The van der Waals surface area contributed by atoms with Crippen LogP contribution in [0.2, 0.25) is 5.02 Å².